The number of primary sulfonamides is 1. The van der Waals surface area contributed by atoms with Crippen molar-refractivity contribution < 1.29 is 13.2 Å². The first kappa shape index (κ1) is 16.0. The van der Waals surface area contributed by atoms with Crippen LogP contribution in [0.1, 0.15) is 18.3 Å². The number of sulfonamides is 1. The Kier molecular flexibility index (Phi) is 4.70. The number of nitrogens with zero attached hydrogens (tertiary/aromatic N) is 2. The van der Waals surface area contributed by atoms with E-state index in [1.165, 1.54) is 12.1 Å². The van der Waals surface area contributed by atoms with Gasteiger partial charge in [-0.15, -0.1) is 0 Å². The number of hydrogen-bond donors (Lipinski definition) is 1. The van der Waals surface area contributed by atoms with E-state index in [2.05, 4.69) is 21.0 Å². The minimum absolute atomic E-state index is 0.0606. The highest BCUT2D eigenvalue weighted by atomic mass is 79.9. The van der Waals surface area contributed by atoms with E-state index in [0.717, 1.165) is 22.4 Å². The van der Waals surface area contributed by atoms with Crippen LogP contribution in [0, 0.1) is 6.92 Å². The first-order chi connectivity index (χ1) is 9.82. The topological polar surface area (TPSA) is 87.2 Å². The van der Waals surface area contributed by atoms with Gasteiger partial charge in [-0.05, 0) is 54.0 Å². The number of ether oxygens (including phenoxy) is 1. The van der Waals surface area contributed by atoms with Crippen LogP contribution in [-0.2, 0) is 23.2 Å². The Hall–Kier alpha value is -1.38. The second kappa shape index (κ2) is 6.17. The number of aromatic nitrogens is 2. The van der Waals surface area contributed by atoms with Crippen molar-refractivity contribution in [3.63, 3.8) is 0 Å². The summed E-state index contributed by atoms with van der Waals surface area (Å²) in [5, 5.41) is 9.43. The van der Waals surface area contributed by atoms with Crippen LogP contribution in [0.5, 0.6) is 5.75 Å². The monoisotopic (exact) mass is 373 g/mol. The molecule has 114 valence electrons. The third-order valence-corrected chi connectivity index (χ3v) is 4.94. The van der Waals surface area contributed by atoms with Crippen molar-refractivity contribution in [3.8, 4) is 5.75 Å². The van der Waals surface area contributed by atoms with Crippen LogP contribution in [0.3, 0.4) is 0 Å². The number of halogens is 1. The molecule has 8 heteroatoms. The van der Waals surface area contributed by atoms with Crippen molar-refractivity contribution in [3.05, 3.63) is 40.1 Å². The summed E-state index contributed by atoms with van der Waals surface area (Å²) in [6.45, 7) is 5.00. The fourth-order valence-corrected chi connectivity index (χ4v) is 2.80. The summed E-state index contributed by atoms with van der Waals surface area (Å²) >= 11 is 3.49. The van der Waals surface area contributed by atoms with Crippen molar-refractivity contribution >= 4 is 26.0 Å². The third-order valence-electron chi connectivity index (χ3n) is 2.98. The van der Waals surface area contributed by atoms with Gasteiger partial charge in [0.05, 0.1) is 20.8 Å². The molecule has 0 bridgehead atoms. The zero-order valence-corrected chi connectivity index (χ0v) is 14.1. The zero-order chi connectivity index (χ0) is 15.6. The predicted molar refractivity (Wildman–Crippen MR) is 82.5 cm³/mol. The summed E-state index contributed by atoms with van der Waals surface area (Å²) in [7, 11) is -3.68. The van der Waals surface area contributed by atoms with Crippen LogP contribution in [-0.4, -0.2) is 18.2 Å². The normalized spacial score (nSPS) is 11.6. The minimum Gasteiger partial charge on any atom is -0.487 e. The molecule has 1 aromatic heterocycles. The molecule has 0 spiro atoms. The van der Waals surface area contributed by atoms with E-state index in [1.807, 2.05) is 18.5 Å². The Morgan fingerprint density at radius 1 is 1.33 bits per heavy atom. The van der Waals surface area contributed by atoms with Gasteiger partial charge in [0.2, 0.25) is 10.0 Å². The number of aryl methyl sites for hydroxylation is 2. The molecule has 0 aliphatic rings. The summed E-state index contributed by atoms with van der Waals surface area (Å²) < 4.78 is 30.8. The van der Waals surface area contributed by atoms with Crippen molar-refractivity contribution in [2.45, 2.75) is 31.9 Å². The third kappa shape index (κ3) is 3.63. The lowest BCUT2D eigenvalue weighted by Gasteiger charge is -2.09. The number of rotatable bonds is 5. The molecule has 0 atom stereocenters. The summed E-state index contributed by atoms with van der Waals surface area (Å²) in [6.07, 6.45) is 0. The van der Waals surface area contributed by atoms with Gasteiger partial charge in [-0.3, -0.25) is 4.68 Å². The minimum atomic E-state index is -3.68. The molecular weight excluding hydrogens is 358 g/mol. The second-order valence-electron chi connectivity index (χ2n) is 4.47. The predicted octanol–water partition coefficient (Wildman–Crippen LogP) is 2.20. The average molecular weight is 374 g/mol. The molecule has 0 saturated heterocycles. The van der Waals surface area contributed by atoms with Crippen LogP contribution in [0.25, 0.3) is 0 Å². The lowest BCUT2D eigenvalue weighted by atomic mass is 10.3. The Bertz CT molecular complexity index is 739. The molecule has 0 aliphatic carbocycles. The highest BCUT2D eigenvalue weighted by Gasteiger charge is 2.13. The first-order valence-corrected chi connectivity index (χ1v) is 8.64. The van der Waals surface area contributed by atoms with Gasteiger partial charge in [-0.2, -0.15) is 5.10 Å². The van der Waals surface area contributed by atoms with E-state index >= 15 is 0 Å². The Morgan fingerprint density at radius 2 is 1.95 bits per heavy atom. The largest absolute Gasteiger partial charge is 0.487 e. The fraction of sp³-hybridized carbons (Fsp3) is 0.308. The van der Waals surface area contributed by atoms with Gasteiger partial charge in [0.1, 0.15) is 12.4 Å². The van der Waals surface area contributed by atoms with E-state index in [-0.39, 0.29) is 4.90 Å². The fourth-order valence-electron chi connectivity index (χ4n) is 1.88. The Morgan fingerprint density at radius 3 is 2.48 bits per heavy atom. The first-order valence-electron chi connectivity index (χ1n) is 6.30. The highest BCUT2D eigenvalue weighted by Crippen LogP contribution is 2.23. The van der Waals surface area contributed by atoms with Crippen LogP contribution < -0.4 is 9.88 Å². The maximum Gasteiger partial charge on any atom is 0.238 e. The molecule has 0 radical (unpaired) electrons. The Balaban J connectivity index is 2.14. The van der Waals surface area contributed by atoms with Gasteiger partial charge in [0, 0.05) is 6.54 Å². The summed E-state index contributed by atoms with van der Waals surface area (Å²) in [5.74, 6) is 0.566. The molecule has 2 rings (SSSR count). The maximum absolute atomic E-state index is 11.2. The van der Waals surface area contributed by atoms with Gasteiger partial charge < -0.3 is 4.74 Å². The quantitative estimate of drug-likeness (QED) is 0.869. The van der Waals surface area contributed by atoms with Gasteiger partial charge >= 0.3 is 0 Å². The van der Waals surface area contributed by atoms with Gasteiger partial charge in [-0.1, -0.05) is 0 Å². The molecule has 2 aromatic rings. The molecule has 0 unspecified atom stereocenters. The maximum atomic E-state index is 11.2. The van der Waals surface area contributed by atoms with E-state index in [9.17, 15) is 8.42 Å². The lowest BCUT2D eigenvalue weighted by molar-refractivity contribution is 0.291. The van der Waals surface area contributed by atoms with Gasteiger partial charge in [0.25, 0.3) is 0 Å². The summed E-state index contributed by atoms with van der Waals surface area (Å²) in [6, 6.07) is 5.99. The molecule has 0 aliphatic heterocycles. The van der Waals surface area contributed by atoms with Gasteiger partial charge in [-0.25, -0.2) is 13.6 Å². The van der Waals surface area contributed by atoms with Crippen LogP contribution >= 0.6 is 15.9 Å². The van der Waals surface area contributed by atoms with Crippen molar-refractivity contribution in [2.75, 3.05) is 0 Å². The molecule has 0 fully saturated rings. The van der Waals surface area contributed by atoms with Crippen LogP contribution in [0.4, 0.5) is 0 Å². The van der Waals surface area contributed by atoms with Crippen molar-refractivity contribution in [2.24, 2.45) is 5.14 Å². The number of hydrogen-bond acceptors (Lipinski definition) is 4. The molecule has 21 heavy (non-hydrogen) atoms. The highest BCUT2D eigenvalue weighted by molar-refractivity contribution is 9.10. The molecule has 6 nitrogen and oxygen atoms in total. The van der Waals surface area contributed by atoms with Crippen LogP contribution in [0.2, 0.25) is 0 Å². The molecule has 1 heterocycles. The van der Waals surface area contributed by atoms with Crippen molar-refractivity contribution in [1.29, 1.82) is 0 Å². The average Bonchev–Trinajstić information content (AvgIpc) is 2.71. The number of nitrogens with two attached hydrogens (primary N) is 1. The molecular formula is C13H16BrN3O3S. The van der Waals surface area contributed by atoms with Gasteiger partial charge in [0.15, 0.2) is 0 Å². The van der Waals surface area contributed by atoms with Crippen molar-refractivity contribution in [1.82, 2.24) is 9.78 Å². The molecule has 0 amide bonds. The van der Waals surface area contributed by atoms with E-state index < -0.39 is 10.0 Å². The standard InChI is InChI=1S/C13H16BrN3O3S/c1-3-17-12(13(14)9(2)16-17)8-20-10-4-6-11(7-5-10)21(15,18)19/h4-7H,3,8H2,1-2H3,(H2,15,18,19). The summed E-state index contributed by atoms with van der Waals surface area (Å²) in [4.78, 5) is 0.0606. The van der Waals surface area contributed by atoms with Crippen LogP contribution in [0.15, 0.2) is 33.6 Å². The van der Waals surface area contributed by atoms with E-state index in [4.69, 9.17) is 9.88 Å². The summed E-state index contributed by atoms with van der Waals surface area (Å²) in [5.41, 5.74) is 1.84. The molecule has 1 aromatic carbocycles. The number of benzene rings is 1. The SMILES string of the molecule is CCn1nc(C)c(Br)c1COc1ccc(S(N)(=O)=O)cc1. The smallest absolute Gasteiger partial charge is 0.238 e. The van der Waals surface area contributed by atoms with E-state index in [0.29, 0.717) is 12.4 Å². The van der Waals surface area contributed by atoms with E-state index in [1.54, 1.807) is 12.1 Å². The Labute approximate surface area is 132 Å². The molecule has 2 N–H and O–H groups in total. The lowest BCUT2D eigenvalue weighted by Crippen LogP contribution is -2.12. The second-order valence-corrected chi connectivity index (χ2v) is 6.82. The molecule has 0 saturated carbocycles. The zero-order valence-electron chi connectivity index (χ0n) is 11.7.